The van der Waals surface area contributed by atoms with Crippen LogP contribution in [0.1, 0.15) is 18.4 Å². The van der Waals surface area contributed by atoms with E-state index in [1.165, 1.54) is 31.6 Å². The highest BCUT2D eigenvalue weighted by molar-refractivity contribution is 5.65. The van der Waals surface area contributed by atoms with E-state index in [0.717, 1.165) is 5.56 Å². The van der Waals surface area contributed by atoms with Gasteiger partial charge in [0.05, 0.1) is 0 Å². The fourth-order valence-corrected chi connectivity index (χ4v) is 1.80. The van der Waals surface area contributed by atoms with E-state index < -0.39 is 0 Å². The van der Waals surface area contributed by atoms with Crippen LogP contribution in [0.3, 0.4) is 0 Å². The topological polar surface area (TPSA) is 16.1 Å². The van der Waals surface area contributed by atoms with Crippen molar-refractivity contribution in [2.45, 2.75) is 12.8 Å². The van der Waals surface area contributed by atoms with Crippen molar-refractivity contribution in [3.05, 3.63) is 30.6 Å². The zero-order chi connectivity index (χ0) is 9.10. The number of pyridine rings is 1. The monoisotopic (exact) mass is 174 g/mol. The van der Waals surface area contributed by atoms with Gasteiger partial charge in [-0.25, -0.2) is 0 Å². The van der Waals surface area contributed by atoms with Gasteiger partial charge >= 0.3 is 0 Å². The molecule has 1 aliphatic rings. The van der Waals surface area contributed by atoms with Gasteiger partial charge in [-0.1, -0.05) is 12.7 Å². The zero-order valence-corrected chi connectivity index (χ0v) is 7.74. The average Bonchev–Trinajstić information content (AvgIpc) is 2.70. The van der Waals surface area contributed by atoms with E-state index in [0.29, 0.717) is 0 Å². The number of aromatic nitrogens is 1. The molecule has 0 atom stereocenters. The molecule has 1 aromatic heterocycles. The van der Waals surface area contributed by atoms with Crippen molar-refractivity contribution < 1.29 is 0 Å². The molecule has 0 aromatic carbocycles. The van der Waals surface area contributed by atoms with Gasteiger partial charge in [0.25, 0.3) is 0 Å². The Morgan fingerprint density at radius 2 is 2.15 bits per heavy atom. The average molecular weight is 174 g/mol. The molecule has 0 spiro atoms. The molecule has 1 saturated heterocycles. The first-order chi connectivity index (χ1) is 6.42. The number of rotatable bonds is 2. The minimum Gasteiger partial charge on any atom is -0.371 e. The molecule has 1 aromatic rings. The van der Waals surface area contributed by atoms with E-state index in [1.807, 2.05) is 18.5 Å². The summed E-state index contributed by atoms with van der Waals surface area (Å²) in [6, 6.07) is 2.07. The van der Waals surface area contributed by atoms with Crippen LogP contribution in [0.15, 0.2) is 25.0 Å². The Hall–Kier alpha value is -1.31. The van der Waals surface area contributed by atoms with E-state index in [-0.39, 0.29) is 0 Å². The lowest BCUT2D eigenvalue weighted by atomic mass is 10.2. The third kappa shape index (κ3) is 1.57. The molecule has 1 fully saturated rings. The molecule has 0 amide bonds. The second-order valence-corrected chi connectivity index (χ2v) is 3.33. The van der Waals surface area contributed by atoms with Gasteiger partial charge in [0.2, 0.25) is 0 Å². The van der Waals surface area contributed by atoms with E-state index in [9.17, 15) is 0 Å². The minimum atomic E-state index is 1.14. The van der Waals surface area contributed by atoms with Crippen LogP contribution < -0.4 is 4.90 Å². The molecule has 0 bridgehead atoms. The maximum atomic E-state index is 4.09. The Kier molecular flexibility index (Phi) is 2.30. The SMILES string of the molecule is C=Cc1cnccc1N1CCCC1. The largest absolute Gasteiger partial charge is 0.371 e. The Morgan fingerprint density at radius 1 is 1.38 bits per heavy atom. The summed E-state index contributed by atoms with van der Waals surface area (Å²) in [7, 11) is 0. The van der Waals surface area contributed by atoms with Crippen LogP contribution in [0, 0.1) is 0 Å². The number of hydrogen-bond donors (Lipinski definition) is 0. The highest BCUT2D eigenvalue weighted by Gasteiger charge is 2.13. The molecule has 13 heavy (non-hydrogen) atoms. The number of anilines is 1. The molecule has 2 nitrogen and oxygen atoms in total. The minimum absolute atomic E-state index is 1.14. The second kappa shape index (κ2) is 3.60. The predicted octanol–water partition coefficient (Wildman–Crippen LogP) is 2.32. The lowest BCUT2D eigenvalue weighted by Gasteiger charge is -2.19. The number of nitrogens with zero attached hydrogens (tertiary/aromatic N) is 2. The first-order valence-electron chi connectivity index (χ1n) is 4.73. The molecular weight excluding hydrogens is 160 g/mol. The Bertz CT molecular complexity index is 301. The first kappa shape index (κ1) is 8.30. The van der Waals surface area contributed by atoms with E-state index in [1.54, 1.807) is 0 Å². The molecule has 0 unspecified atom stereocenters. The summed E-state index contributed by atoms with van der Waals surface area (Å²) >= 11 is 0. The quantitative estimate of drug-likeness (QED) is 0.684. The van der Waals surface area contributed by atoms with Crippen LogP contribution in [0.2, 0.25) is 0 Å². The molecule has 0 radical (unpaired) electrons. The van der Waals surface area contributed by atoms with Crippen molar-refractivity contribution in [1.82, 2.24) is 4.98 Å². The van der Waals surface area contributed by atoms with Crippen LogP contribution in [0.5, 0.6) is 0 Å². The molecule has 2 heterocycles. The van der Waals surface area contributed by atoms with Crippen molar-refractivity contribution in [3.8, 4) is 0 Å². The fourth-order valence-electron chi connectivity index (χ4n) is 1.80. The van der Waals surface area contributed by atoms with Gasteiger partial charge in [0, 0.05) is 36.7 Å². The van der Waals surface area contributed by atoms with E-state index in [4.69, 9.17) is 0 Å². The van der Waals surface area contributed by atoms with E-state index in [2.05, 4.69) is 22.5 Å². The van der Waals surface area contributed by atoms with Gasteiger partial charge in [-0.05, 0) is 18.9 Å². The summed E-state index contributed by atoms with van der Waals surface area (Å²) in [5.41, 5.74) is 2.42. The summed E-state index contributed by atoms with van der Waals surface area (Å²) in [5, 5.41) is 0. The van der Waals surface area contributed by atoms with Crippen molar-refractivity contribution in [2.24, 2.45) is 0 Å². The van der Waals surface area contributed by atoms with Crippen molar-refractivity contribution >= 4 is 11.8 Å². The molecule has 2 heteroatoms. The van der Waals surface area contributed by atoms with Gasteiger partial charge in [0.15, 0.2) is 0 Å². The molecular formula is C11H14N2. The van der Waals surface area contributed by atoms with Crippen molar-refractivity contribution in [1.29, 1.82) is 0 Å². The van der Waals surface area contributed by atoms with Crippen LogP contribution >= 0.6 is 0 Å². The Morgan fingerprint density at radius 3 is 2.85 bits per heavy atom. The van der Waals surface area contributed by atoms with Gasteiger partial charge in [0.1, 0.15) is 0 Å². The molecule has 0 saturated carbocycles. The molecule has 1 aliphatic heterocycles. The molecule has 0 aliphatic carbocycles. The lowest BCUT2D eigenvalue weighted by molar-refractivity contribution is 0.949. The maximum Gasteiger partial charge on any atom is 0.0470 e. The summed E-state index contributed by atoms with van der Waals surface area (Å²) in [6.45, 7) is 6.14. The normalized spacial score (nSPS) is 16.2. The lowest BCUT2D eigenvalue weighted by Crippen LogP contribution is -2.18. The standard InChI is InChI=1S/C11H14N2/c1-2-10-9-12-6-5-11(10)13-7-3-4-8-13/h2,5-6,9H,1,3-4,7-8H2. The summed E-state index contributed by atoms with van der Waals surface area (Å²) in [6.07, 6.45) is 8.21. The molecule has 68 valence electrons. The predicted molar refractivity (Wildman–Crippen MR) is 55.8 cm³/mol. The second-order valence-electron chi connectivity index (χ2n) is 3.33. The summed E-state index contributed by atoms with van der Waals surface area (Å²) in [5.74, 6) is 0. The summed E-state index contributed by atoms with van der Waals surface area (Å²) in [4.78, 5) is 6.49. The van der Waals surface area contributed by atoms with Crippen LogP contribution in [-0.4, -0.2) is 18.1 Å². The third-order valence-corrected chi connectivity index (χ3v) is 2.49. The smallest absolute Gasteiger partial charge is 0.0470 e. The van der Waals surface area contributed by atoms with E-state index >= 15 is 0 Å². The Labute approximate surface area is 78.9 Å². The van der Waals surface area contributed by atoms with Crippen molar-refractivity contribution in [3.63, 3.8) is 0 Å². The van der Waals surface area contributed by atoms with Crippen molar-refractivity contribution in [2.75, 3.05) is 18.0 Å². The van der Waals surface area contributed by atoms with Crippen LogP contribution in [-0.2, 0) is 0 Å². The third-order valence-electron chi connectivity index (χ3n) is 2.49. The van der Waals surface area contributed by atoms with Gasteiger partial charge in [-0.15, -0.1) is 0 Å². The van der Waals surface area contributed by atoms with Crippen LogP contribution in [0.25, 0.3) is 6.08 Å². The first-order valence-corrected chi connectivity index (χ1v) is 4.73. The van der Waals surface area contributed by atoms with Gasteiger partial charge in [-0.3, -0.25) is 4.98 Å². The fraction of sp³-hybridized carbons (Fsp3) is 0.364. The van der Waals surface area contributed by atoms with Gasteiger partial charge in [-0.2, -0.15) is 0 Å². The van der Waals surface area contributed by atoms with Gasteiger partial charge < -0.3 is 4.90 Å². The van der Waals surface area contributed by atoms with Crippen LogP contribution in [0.4, 0.5) is 5.69 Å². The summed E-state index contributed by atoms with van der Waals surface area (Å²) < 4.78 is 0. The molecule has 2 rings (SSSR count). The number of hydrogen-bond acceptors (Lipinski definition) is 2. The maximum absolute atomic E-state index is 4.09. The molecule has 0 N–H and O–H groups in total. The highest BCUT2D eigenvalue weighted by Crippen LogP contribution is 2.23. The highest BCUT2D eigenvalue weighted by atomic mass is 15.1. The zero-order valence-electron chi connectivity index (χ0n) is 7.74. The Balaban J connectivity index is 2.31.